The van der Waals surface area contributed by atoms with E-state index >= 15 is 0 Å². The minimum Gasteiger partial charge on any atom is -0.374 e. The fraction of sp³-hybridized carbons (Fsp3) is 0.308. The highest BCUT2D eigenvalue weighted by molar-refractivity contribution is 6.31. The van der Waals surface area contributed by atoms with Crippen molar-refractivity contribution in [3.8, 4) is 11.8 Å². The number of aryl methyl sites for hydroxylation is 1. The molecule has 1 saturated heterocycles. The Hall–Kier alpha value is -3.23. The van der Waals surface area contributed by atoms with Gasteiger partial charge in [-0.2, -0.15) is 0 Å². The first kappa shape index (κ1) is 22.0. The largest absolute Gasteiger partial charge is 0.374 e. The van der Waals surface area contributed by atoms with Crippen molar-refractivity contribution in [2.24, 2.45) is 7.05 Å². The van der Waals surface area contributed by atoms with Gasteiger partial charge in [0.05, 0.1) is 5.54 Å². The van der Waals surface area contributed by atoms with E-state index in [1.807, 2.05) is 43.3 Å². The van der Waals surface area contributed by atoms with Gasteiger partial charge in [-0.1, -0.05) is 35.7 Å². The van der Waals surface area contributed by atoms with Crippen LogP contribution in [0.5, 0.6) is 0 Å². The van der Waals surface area contributed by atoms with Crippen LogP contribution in [-0.2, 0) is 17.4 Å². The maximum absolute atomic E-state index is 12.7. The Balaban J connectivity index is 1.83. The highest BCUT2D eigenvalue weighted by Gasteiger charge is 2.39. The van der Waals surface area contributed by atoms with Crippen molar-refractivity contribution < 1.29 is 4.79 Å². The van der Waals surface area contributed by atoms with Crippen LogP contribution >= 0.6 is 11.6 Å². The Morgan fingerprint density at radius 1 is 1.22 bits per heavy atom. The number of likely N-dealkylation sites (tertiary alicyclic amines) is 1. The number of carbonyl (C=O) groups excluding carboxylic acids is 1. The van der Waals surface area contributed by atoms with E-state index < -0.39 is 5.54 Å². The first-order valence-electron chi connectivity index (χ1n) is 10.7. The number of fused-ring (bicyclic) bond motifs is 1. The van der Waals surface area contributed by atoms with Crippen molar-refractivity contribution in [3.63, 3.8) is 0 Å². The van der Waals surface area contributed by atoms with Gasteiger partial charge in [-0.3, -0.25) is 9.59 Å². The van der Waals surface area contributed by atoms with Crippen LogP contribution in [0.4, 0.5) is 5.69 Å². The summed E-state index contributed by atoms with van der Waals surface area (Å²) in [7, 11) is 1.75. The normalized spacial score (nSPS) is 18.2. The molecule has 1 N–H and O–H groups in total. The van der Waals surface area contributed by atoms with Gasteiger partial charge in [0.2, 0.25) is 0 Å². The van der Waals surface area contributed by atoms with Gasteiger partial charge in [-0.05, 0) is 73.4 Å². The number of anilines is 1. The van der Waals surface area contributed by atoms with E-state index in [-0.39, 0.29) is 11.5 Å². The van der Waals surface area contributed by atoms with E-state index in [4.69, 9.17) is 11.6 Å². The summed E-state index contributed by atoms with van der Waals surface area (Å²) in [5.41, 5.74) is 2.27. The molecule has 0 unspecified atom stereocenters. The topological polar surface area (TPSA) is 54.3 Å². The molecule has 0 bridgehead atoms. The average molecular weight is 448 g/mol. The Bertz CT molecular complexity index is 1320. The standard InChI is InChI=1S/C26H26ClN3O2/c1-4-7-24(31)30-14-6-13-26(17-30,22-8-5-9-23(27)18(22)2)28-20-11-10-19-12-15-29(3)25(32)21(19)16-20/h5,8-12,15-16,28H,6,13-14,17H2,1-3H3/t26-/m1/s1. The molecule has 1 aliphatic rings. The molecular formula is C26H26ClN3O2. The Morgan fingerprint density at radius 2 is 2.03 bits per heavy atom. The lowest BCUT2D eigenvalue weighted by Gasteiger charge is -2.44. The second-order valence-corrected chi connectivity index (χ2v) is 8.77. The van der Waals surface area contributed by atoms with Crippen LogP contribution in [0.2, 0.25) is 5.02 Å². The molecule has 0 radical (unpaired) electrons. The molecular weight excluding hydrogens is 422 g/mol. The molecule has 1 aliphatic heterocycles. The number of carbonyl (C=O) groups is 1. The molecule has 4 rings (SSSR count). The maximum Gasteiger partial charge on any atom is 0.298 e. The summed E-state index contributed by atoms with van der Waals surface area (Å²) < 4.78 is 1.58. The van der Waals surface area contributed by atoms with Crippen molar-refractivity contribution in [1.29, 1.82) is 0 Å². The summed E-state index contributed by atoms with van der Waals surface area (Å²) in [6.45, 7) is 4.80. The van der Waals surface area contributed by atoms with Crippen molar-refractivity contribution in [3.05, 3.63) is 75.2 Å². The number of pyridine rings is 1. The van der Waals surface area contributed by atoms with Crippen LogP contribution in [0.1, 0.15) is 30.9 Å². The van der Waals surface area contributed by atoms with Gasteiger partial charge < -0.3 is 14.8 Å². The molecule has 32 heavy (non-hydrogen) atoms. The molecule has 164 valence electrons. The summed E-state index contributed by atoms with van der Waals surface area (Å²) in [6, 6.07) is 13.6. The third-order valence-corrected chi connectivity index (χ3v) is 6.67. The van der Waals surface area contributed by atoms with Gasteiger partial charge >= 0.3 is 0 Å². The van der Waals surface area contributed by atoms with Gasteiger partial charge in [0.1, 0.15) is 0 Å². The van der Waals surface area contributed by atoms with Crippen LogP contribution < -0.4 is 10.9 Å². The molecule has 2 heterocycles. The van der Waals surface area contributed by atoms with Crippen LogP contribution in [0.15, 0.2) is 53.5 Å². The third kappa shape index (κ3) is 3.99. The molecule has 6 heteroatoms. The van der Waals surface area contributed by atoms with E-state index in [9.17, 15) is 9.59 Å². The number of piperidine rings is 1. The number of hydrogen-bond acceptors (Lipinski definition) is 3. The molecule has 2 aromatic carbocycles. The van der Waals surface area contributed by atoms with Gasteiger partial charge in [0, 0.05) is 42.4 Å². The summed E-state index contributed by atoms with van der Waals surface area (Å²) in [6.07, 6.45) is 3.42. The molecule has 5 nitrogen and oxygen atoms in total. The van der Waals surface area contributed by atoms with Gasteiger partial charge in [-0.25, -0.2) is 0 Å². The molecule has 0 saturated carbocycles. The van der Waals surface area contributed by atoms with Crippen LogP contribution in [-0.4, -0.2) is 28.5 Å². The van der Waals surface area contributed by atoms with E-state index in [1.54, 1.807) is 29.6 Å². The van der Waals surface area contributed by atoms with Crippen LogP contribution in [0.3, 0.4) is 0 Å². The van der Waals surface area contributed by atoms with E-state index in [1.165, 1.54) is 0 Å². The number of amides is 1. The lowest BCUT2D eigenvalue weighted by molar-refractivity contribution is -0.127. The zero-order chi connectivity index (χ0) is 22.9. The van der Waals surface area contributed by atoms with Crippen molar-refractivity contribution >= 4 is 34.0 Å². The second kappa shape index (κ2) is 8.72. The zero-order valence-electron chi connectivity index (χ0n) is 18.5. The number of nitrogens with one attached hydrogen (secondary N) is 1. The summed E-state index contributed by atoms with van der Waals surface area (Å²) in [4.78, 5) is 27.1. The summed E-state index contributed by atoms with van der Waals surface area (Å²) in [5, 5.41) is 5.93. The number of hydrogen-bond donors (Lipinski definition) is 1. The van der Waals surface area contributed by atoms with Crippen molar-refractivity contribution in [1.82, 2.24) is 9.47 Å². The smallest absolute Gasteiger partial charge is 0.298 e. The van der Waals surface area contributed by atoms with E-state index in [0.717, 1.165) is 35.0 Å². The highest BCUT2D eigenvalue weighted by Crippen LogP contribution is 2.39. The van der Waals surface area contributed by atoms with Gasteiger partial charge in [-0.15, -0.1) is 0 Å². The minimum absolute atomic E-state index is 0.0437. The van der Waals surface area contributed by atoms with E-state index in [0.29, 0.717) is 23.5 Å². The fourth-order valence-electron chi connectivity index (χ4n) is 4.62. The Labute approximate surface area is 193 Å². The SMILES string of the molecule is CC#CC(=O)N1CCC[C@](Nc2ccc3ccn(C)c(=O)c3c2)(c2cccc(Cl)c2C)C1. The second-order valence-electron chi connectivity index (χ2n) is 8.36. The minimum atomic E-state index is -0.550. The summed E-state index contributed by atoms with van der Waals surface area (Å²) in [5.74, 6) is 5.21. The van der Waals surface area contributed by atoms with Gasteiger partial charge in [0.15, 0.2) is 0 Å². The van der Waals surface area contributed by atoms with Crippen molar-refractivity contribution in [2.45, 2.75) is 32.2 Å². The zero-order valence-corrected chi connectivity index (χ0v) is 19.3. The average Bonchev–Trinajstić information content (AvgIpc) is 2.79. The Morgan fingerprint density at radius 3 is 2.81 bits per heavy atom. The number of nitrogens with zero attached hydrogens (tertiary/aromatic N) is 2. The Kier molecular flexibility index (Phi) is 5.99. The maximum atomic E-state index is 12.7. The number of halogens is 1. The third-order valence-electron chi connectivity index (χ3n) is 6.26. The molecule has 1 fully saturated rings. The monoisotopic (exact) mass is 447 g/mol. The molecule has 1 aromatic heterocycles. The highest BCUT2D eigenvalue weighted by atomic mass is 35.5. The lowest BCUT2D eigenvalue weighted by Crippen LogP contribution is -2.52. The quantitative estimate of drug-likeness (QED) is 0.603. The van der Waals surface area contributed by atoms with Crippen molar-refractivity contribution in [2.75, 3.05) is 18.4 Å². The summed E-state index contributed by atoms with van der Waals surface area (Å²) >= 11 is 6.49. The fourth-order valence-corrected chi connectivity index (χ4v) is 4.80. The lowest BCUT2D eigenvalue weighted by atomic mass is 9.79. The molecule has 0 aliphatic carbocycles. The first-order chi connectivity index (χ1) is 15.3. The molecule has 1 atom stereocenters. The molecule has 1 amide bonds. The first-order valence-corrected chi connectivity index (χ1v) is 11.1. The molecule has 0 spiro atoms. The van der Waals surface area contributed by atoms with E-state index in [2.05, 4.69) is 23.2 Å². The predicted octanol–water partition coefficient (Wildman–Crippen LogP) is 4.45. The number of rotatable bonds is 3. The molecule has 3 aromatic rings. The number of aromatic nitrogens is 1. The predicted molar refractivity (Wildman–Crippen MR) is 130 cm³/mol. The number of benzene rings is 2. The van der Waals surface area contributed by atoms with Gasteiger partial charge in [0.25, 0.3) is 11.5 Å². The van der Waals surface area contributed by atoms with Crippen LogP contribution in [0.25, 0.3) is 10.8 Å². The van der Waals surface area contributed by atoms with Crippen LogP contribution in [0, 0.1) is 18.8 Å².